The van der Waals surface area contributed by atoms with Crippen LogP contribution in [0.5, 0.6) is 5.75 Å². The van der Waals surface area contributed by atoms with Crippen LogP contribution in [-0.4, -0.2) is 42.1 Å². The van der Waals surface area contributed by atoms with Crippen molar-refractivity contribution in [2.24, 2.45) is 5.92 Å². The van der Waals surface area contributed by atoms with Gasteiger partial charge in [-0.2, -0.15) is 4.31 Å². The molecule has 1 aromatic rings. The molecular weight excluding hydrogens is 370 g/mol. The zero-order valence-corrected chi connectivity index (χ0v) is 16.7. The second-order valence-electron chi connectivity index (χ2n) is 7.26. The Bertz CT molecular complexity index is 761. The summed E-state index contributed by atoms with van der Waals surface area (Å²) in [5, 5.41) is 16.8. The third-order valence-corrected chi connectivity index (χ3v) is 7.46. The Balaban J connectivity index is 1.72. The van der Waals surface area contributed by atoms with Gasteiger partial charge in [-0.1, -0.05) is 19.8 Å². The Morgan fingerprint density at radius 3 is 2.58 bits per heavy atom. The summed E-state index contributed by atoms with van der Waals surface area (Å²) in [7, 11) is -3.53. The summed E-state index contributed by atoms with van der Waals surface area (Å²) in [5.41, 5.74) is 0.311. The van der Waals surface area contributed by atoms with Crippen molar-refractivity contribution in [3.05, 3.63) is 18.2 Å². The smallest absolute Gasteiger partial charge is 0.243 e. The first-order chi connectivity index (χ1) is 12.4. The number of aromatic hydroxyl groups is 1. The van der Waals surface area contributed by atoms with E-state index in [0.717, 1.165) is 19.3 Å². The fourth-order valence-corrected chi connectivity index (χ4v) is 5.52. The third kappa shape index (κ3) is 4.29. The number of thiocarbonyl (C=S) groups is 1. The molecule has 1 saturated heterocycles. The Morgan fingerprint density at radius 1 is 1.19 bits per heavy atom. The number of benzene rings is 1. The standard InChI is InChI=1S/C18H27N3O3S2/c1-13-6-2-3-7-15(13)19-18(25)20-16-12-14(8-9-17(16)22)26(23,24)21-10-4-5-11-21/h8-9,12-13,15,22H,2-7,10-11H2,1H3,(H2,19,20,25)/t13-,15+/m1/s1. The van der Waals surface area contributed by atoms with Crippen molar-refractivity contribution >= 4 is 33.0 Å². The highest BCUT2D eigenvalue weighted by molar-refractivity contribution is 7.89. The van der Waals surface area contributed by atoms with Crippen LogP contribution in [0.25, 0.3) is 0 Å². The van der Waals surface area contributed by atoms with Gasteiger partial charge in [-0.05, 0) is 62.0 Å². The lowest BCUT2D eigenvalue weighted by Gasteiger charge is -2.30. The minimum atomic E-state index is -3.53. The van der Waals surface area contributed by atoms with Crippen molar-refractivity contribution in [1.29, 1.82) is 0 Å². The monoisotopic (exact) mass is 397 g/mol. The molecule has 2 fully saturated rings. The van der Waals surface area contributed by atoms with Crippen LogP contribution >= 0.6 is 12.2 Å². The lowest BCUT2D eigenvalue weighted by Crippen LogP contribution is -2.43. The first-order valence-electron chi connectivity index (χ1n) is 9.28. The van der Waals surface area contributed by atoms with Crippen molar-refractivity contribution in [2.75, 3.05) is 18.4 Å². The molecule has 1 aliphatic carbocycles. The average Bonchev–Trinajstić information content (AvgIpc) is 3.14. The maximum atomic E-state index is 12.7. The second-order valence-corrected chi connectivity index (χ2v) is 9.60. The maximum Gasteiger partial charge on any atom is 0.243 e. The van der Waals surface area contributed by atoms with Gasteiger partial charge in [0, 0.05) is 19.1 Å². The lowest BCUT2D eigenvalue weighted by atomic mass is 9.86. The molecule has 144 valence electrons. The Labute approximate surface area is 161 Å². The van der Waals surface area contributed by atoms with Gasteiger partial charge >= 0.3 is 0 Å². The molecule has 0 radical (unpaired) electrons. The van der Waals surface area contributed by atoms with Crippen LogP contribution in [-0.2, 0) is 10.0 Å². The Kier molecular flexibility index (Phi) is 6.04. The topological polar surface area (TPSA) is 81.7 Å². The van der Waals surface area contributed by atoms with Gasteiger partial charge in [0.15, 0.2) is 5.11 Å². The van der Waals surface area contributed by atoms with Crippen LogP contribution in [0.1, 0.15) is 45.4 Å². The second kappa shape index (κ2) is 8.10. The van der Waals surface area contributed by atoms with Gasteiger partial charge in [0.25, 0.3) is 0 Å². The molecule has 2 aliphatic rings. The Morgan fingerprint density at radius 2 is 1.88 bits per heavy atom. The molecule has 0 bridgehead atoms. The zero-order chi connectivity index (χ0) is 18.7. The number of nitrogens with one attached hydrogen (secondary N) is 2. The predicted molar refractivity (Wildman–Crippen MR) is 107 cm³/mol. The molecule has 1 heterocycles. The van der Waals surface area contributed by atoms with E-state index in [-0.39, 0.29) is 10.6 Å². The summed E-state index contributed by atoms with van der Waals surface area (Å²) in [5.74, 6) is 0.519. The van der Waals surface area contributed by atoms with Crippen LogP contribution < -0.4 is 10.6 Å². The number of phenolic OH excluding ortho intramolecular Hbond substituents is 1. The normalized spacial score (nSPS) is 24.3. The van der Waals surface area contributed by atoms with Gasteiger partial charge in [-0.25, -0.2) is 8.42 Å². The highest BCUT2D eigenvalue weighted by atomic mass is 32.2. The number of hydrogen-bond acceptors (Lipinski definition) is 4. The molecular formula is C18H27N3O3S2. The van der Waals surface area contributed by atoms with E-state index in [4.69, 9.17) is 12.2 Å². The minimum Gasteiger partial charge on any atom is -0.506 e. The molecule has 1 aliphatic heterocycles. The number of sulfonamides is 1. The van der Waals surface area contributed by atoms with E-state index in [0.29, 0.717) is 35.8 Å². The van der Waals surface area contributed by atoms with Gasteiger partial charge in [-0.15, -0.1) is 0 Å². The van der Waals surface area contributed by atoms with Crippen molar-refractivity contribution in [2.45, 2.75) is 56.4 Å². The summed E-state index contributed by atoms with van der Waals surface area (Å²) in [4.78, 5) is 0.175. The number of hydrogen-bond donors (Lipinski definition) is 3. The molecule has 1 saturated carbocycles. The van der Waals surface area contributed by atoms with Crippen LogP contribution in [0, 0.1) is 5.92 Å². The van der Waals surface area contributed by atoms with Gasteiger partial charge in [0.2, 0.25) is 10.0 Å². The van der Waals surface area contributed by atoms with E-state index in [1.54, 1.807) is 0 Å². The molecule has 6 nitrogen and oxygen atoms in total. The van der Waals surface area contributed by atoms with E-state index in [9.17, 15) is 13.5 Å². The molecule has 3 rings (SSSR count). The van der Waals surface area contributed by atoms with Crippen molar-refractivity contribution in [3.8, 4) is 5.75 Å². The van der Waals surface area contributed by atoms with E-state index >= 15 is 0 Å². The highest BCUT2D eigenvalue weighted by Gasteiger charge is 2.28. The SMILES string of the molecule is C[C@@H]1CCCC[C@@H]1NC(=S)Nc1cc(S(=O)(=O)N2CCCC2)ccc1O. The van der Waals surface area contributed by atoms with Gasteiger partial charge < -0.3 is 15.7 Å². The molecule has 3 N–H and O–H groups in total. The number of nitrogens with zero attached hydrogens (tertiary/aromatic N) is 1. The highest BCUT2D eigenvalue weighted by Crippen LogP contribution is 2.29. The largest absolute Gasteiger partial charge is 0.506 e. The van der Waals surface area contributed by atoms with Crippen molar-refractivity contribution in [1.82, 2.24) is 9.62 Å². The van der Waals surface area contributed by atoms with Crippen LogP contribution in [0.2, 0.25) is 0 Å². The number of anilines is 1. The fraction of sp³-hybridized carbons (Fsp3) is 0.611. The quantitative estimate of drug-likeness (QED) is 0.535. The van der Waals surface area contributed by atoms with Gasteiger partial charge in [0.1, 0.15) is 5.75 Å². The minimum absolute atomic E-state index is 0.0220. The Hall–Kier alpha value is -1.38. The number of rotatable bonds is 4. The molecule has 2 atom stereocenters. The molecule has 0 aromatic heterocycles. The maximum absolute atomic E-state index is 12.7. The molecule has 8 heteroatoms. The van der Waals surface area contributed by atoms with E-state index in [2.05, 4.69) is 17.6 Å². The predicted octanol–water partition coefficient (Wildman–Crippen LogP) is 3.04. The molecule has 0 unspecified atom stereocenters. The molecule has 1 aromatic carbocycles. The molecule has 26 heavy (non-hydrogen) atoms. The van der Waals surface area contributed by atoms with Gasteiger partial charge in [-0.3, -0.25) is 0 Å². The van der Waals surface area contributed by atoms with E-state index < -0.39 is 10.0 Å². The summed E-state index contributed by atoms with van der Waals surface area (Å²) < 4.78 is 26.9. The fourth-order valence-electron chi connectivity index (χ4n) is 3.71. The van der Waals surface area contributed by atoms with Crippen molar-refractivity contribution in [3.63, 3.8) is 0 Å². The molecule has 0 spiro atoms. The van der Waals surface area contributed by atoms with Crippen molar-refractivity contribution < 1.29 is 13.5 Å². The van der Waals surface area contributed by atoms with Crippen LogP contribution in [0.3, 0.4) is 0 Å². The van der Waals surface area contributed by atoms with Crippen LogP contribution in [0.15, 0.2) is 23.1 Å². The third-order valence-electron chi connectivity index (χ3n) is 5.35. The average molecular weight is 398 g/mol. The first kappa shape index (κ1) is 19.4. The zero-order valence-electron chi connectivity index (χ0n) is 15.1. The number of phenols is 1. The summed E-state index contributed by atoms with van der Waals surface area (Å²) in [6.07, 6.45) is 6.44. The van der Waals surface area contributed by atoms with E-state index in [1.165, 1.54) is 41.8 Å². The lowest BCUT2D eigenvalue weighted by molar-refractivity contribution is 0.309. The summed E-state index contributed by atoms with van der Waals surface area (Å²) in [6.45, 7) is 3.30. The first-order valence-corrected chi connectivity index (χ1v) is 11.1. The van der Waals surface area contributed by atoms with Gasteiger partial charge in [0.05, 0.1) is 10.6 Å². The molecule has 0 amide bonds. The summed E-state index contributed by atoms with van der Waals surface area (Å²) in [6, 6.07) is 4.61. The van der Waals surface area contributed by atoms with Crippen LogP contribution in [0.4, 0.5) is 5.69 Å². The van der Waals surface area contributed by atoms with E-state index in [1.807, 2.05) is 0 Å². The summed E-state index contributed by atoms with van der Waals surface area (Å²) >= 11 is 5.38.